The lowest BCUT2D eigenvalue weighted by molar-refractivity contribution is 0.151. The summed E-state index contributed by atoms with van der Waals surface area (Å²) in [7, 11) is -2.85. The van der Waals surface area contributed by atoms with Crippen LogP contribution < -0.4 is 5.32 Å². The van der Waals surface area contributed by atoms with Crippen molar-refractivity contribution in [3.63, 3.8) is 0 Å². The molecule has 14 heavy (non-hydrogen) atoms. The highest BCUT2D eigenvalue weighted by Crippen LogP contribution is 2.17. The van der Waals surface area contributed by atoms with Crippen LogP contribution in [0.5, 0.6) is 0 Å². The molecule has 0 aliphatic carbocycles. The molecular formula is C8H15NO4S. The Labute approximate surface area is 83.7 Å². The summed E-state index contributed by atoms with van der Waals surface area (Å²) in [6, 6.07) is 0. The third kappa shape index (κ3) is 3.53. The highest BCUT2D eigenvalue weighted by Gasteiger charge is 2.27. The van der Waals surface area contributed by atoms with E-state index >= 15 is 0 Å². The molecule has 0 bridgehead atoms. The number of amides is 1. The van der Waals surface area contributed by atoms with Crippen LogP contribution in [0.2, 0.25) is 0 Å². The first-order valence-corrected chi connectivity index (χ1v) is 6.46. The van der Waals surface area contributed by atoms with Crippen LogP contribution in [0.3, 0.4) is 0 Å². The summed E-state index contributed by atoms with van der Waals surface area (Å²) in [5, 5.41) is 2.54. The smallest absolute Gasteiger partial charge is 0.407 e. The fourth-order valence-corrected chi connectivity index (χ4v) is 3.30. The molecular weight excluding hydrogens is 206 g/mol. The molecule has 1 N–H and O–H groups in total. The molecule has 1 rings (SSSR count). The molecule has 0 aromatic rings. The van der Waals surface area contributed by atoms with Crippen molar-refractivity contribution in [2.75, 3.05) is 24.7 Å². The third-order valence-electron chi connectivity index (χ3n) is 2.14. The lowest BCUT2D eigenvalue weighted by Crippen LogP contribution is -2.30. The molecule has 1 aliphatic rings. The predicted octanol–water partition coefficient (Wildman–Crippen LogP) is 0.167. The summed E-state index contributed by atoms with van der Waals surface area (Å²) in [5.74, 6) is 0.464. The Morgan fingerprint density at radius 2 is 2.29 bits per heavy atom. The number of rotatable bonds is 3. The molecule has 1 aliphatic heterocycles. The first kappa shape index (κ1) is 11.3. The zero-order valence-electron chi connectivity index (χ0n) is 8.15. The van der Waals surface area contributed by atoms with Gasteiger partial charge in [-0.3, -0.25) is 0 Å². The maximum absolute atomic E-state index is 11.1. The third-order valence-corrected chi connectivity index (χ3v) is 3.97. The lowest BCUT2D eigenvalue weighted by Gasteiger charge is -2.08. The summed E-state index contributed by atoms with van der Waals surface area (Å²) in [6.07, 6.45) is 0.158. The molecule has 0 radical (unpaired) electrons. The largest absolute Gasteiger partial charge is 0.450 e. The average Bonchev–Trinajstić information content (AvgIpc) is 2.43. The maximum Gasteiger partial charge on any atom is 0.407 e. The van der Waals surface area contributed by atoms with Crippen LogP contribution in [-0.2, 0) is 14.6 Å². The van der Waals surface area contributed by atoms with Crippen LogP contribution in [0.25, 0.3) is 0 Å². The number of carbonyl (C=O) groups excluding carboxylic acids is 1. The van der Waals surface area contributed by atoms with Gasteiger partial charge >= 0.3 is 6.09 Å². The molecule has 1 fully saturated rings. The molecule has 1 heterocycles. The van der Waals surface area contributed by atoms with Crippen LogP contribution in [0.4, 0.5) is 4.79 Å². The number of carbonyl (C=O) groups is 1. The van der Waals surface area contributed by atoms with Crippen LogP contribution in [0.1, 0.15) is 13.3 Å². The van der Waals surface area contributed by atoms with Crippen molar-refractivity contribution in [3.05, 3.63) is 0 Å². The number of alkyl carbamates (subject to hydrolysis) is 1. The van der Waals surface area contributed by atoms with Gasteiger partial charge in [0.25, 0.3) is 0 Å². The summed E-state index contributed by atoms with van der Waals surface area (Å²) >= 11 is 0. The molecule has 6 heteroatoms. The van der Waals surface area contributed by atoms with Crippen LogP contribution in [0.15, 0.2) is 0 Å². The molecule has 1 amide bonds. The van der Waals surface area contributed by atoms with Gasteiger partial charge in [0.05, 0.1) is 18.1 Å². The summed E-state index contributed by atoms with van der Waals surface area (Å²) in [4.78, 5) is 10.9. The molecule has 1 atom stereocenters. The maximum atomic E-state index is 11.1. The van der Waals surface area contributed by atoms with E-state index in [-0.39, 0.29) is 17.4 Å². The second-order valence-corrected chi connectivity index (χ2v) is 5.60. The second-order valence-electron chi connectivity index (χ2n) is 3.37. The van der Waals surface area contributed by atoms with Gasteiger partial charge in [-0.25, -0.2) is 13.2 Å². The predicted molar refractivity (Wildman–Crippen MR) is 51.8 cm³/mol. The summed E-state index contributed by atoms with van der Waals surface area (Å²) in [5.41, 5.74) is 0. The van der Waals surface area contributed by atoms with E-state index < -0.39 is 15.9 Å². The van der Waals surface area contributed by atoms with Crippen molar-refractivity contribution in [1.82, 2.24) is 5.32 Å². The van der Waals surface area contributed by atoms with E-state index in [1.807, 2.05) is 0 Å². The Morgan fingerprint density at radius 1 is 1.57 bits per heavy atom. The van der Waals surface area contributed by atoms with Crippen molar-refractivity contribution in [2.24, 2.45) is 5.92 Å². The van der Waals surface area contributed by atoms with Gasteiger partial charge in [-0.15, -0.1) is 0 Å². The number of sulfone groups is 1. The van der Waals surface area contributed by atoms with Gasteiger partial charge in [-0.05, 0) is 19.3 Å². The van der Waals surface area contributed by atoms with E-state index in [2.05, 4.69) is 10.1 Å². The molecule has 5 nitrogen and oxygen atoms in total. The normalized spacial score (nSPS) is 24.5. The Kier molecular flexibility index (Phi) is 3.74. The molecule has 0 saturated carbocycles. The topological polar surface area (TPSA) is 72.5 Å². The van der Waals surface area contributed by atoms with Gasteiger partial charge in [0.2, 0.25) is 0 Å². The Bertz CT molecular complexity index is 298. The van der Waals surface area contributed by atoms with Gasteiger partial charge in [0, 0.05) is 6.54 Å². The molecule has 1 saturated heterocycles. The van der Waals surface area contributed by atoms with E-state index in [0.717, 1.165) is 0 Å². The first-order chi connectivity index (χ1) is 6.53. The summed E-state index contributed by atoms with van der Waals surface area (Å²) in [6.45, 7) is 2.44. The Morgan fingerprint density at radius 3 is 2.79 bits per heavy atom. The Hall–Kier alpha value is -0.780. The SMILES string of the molecule is CCOC(=O)NC[C@@H]1CCS(=O)(=O)C1. The van der Waals surface area contributed by atoms with E-state index in [9.17, 15) is 13.2 Å². The summed E-state index contributed by atoms with van der Waals surface area (Å²) < 4.78 is 26.8. The number of ether oxygens (including phenoxy) is 1. The van der Waals surface area contributed by atoms with E-state index in [1.54, 1.807) is 6.92 Å². The van der Waals surface area contributed by atoms with E-state index in [4.69, 9.17) is 0 Å². The highest BCUT2D eigenvalue weighted by molar-refractivity contribution is 7.91. The van der Waals surface area contributed by atoms with Gasteiger partial charge < -0.3 is 10.1 Å². The minimum absolute atomic E-state index is 0.0457. The second kappa shape index (κ2) is 4.63. The van der Waals surface area contributed by atoms with Crippen LogP contribution in [-0.4, -0.2) is 39.2 Å². The fraction of sp³-hybridized carbons (Fsp3) is 0.875. The van der Waals surface area contributed by atoms with Crippen LogP contribution >= 0.6 is 0 Å². The molecule has 0 unspecified atom stereocenters. The molecule has 0 aromatic heterocycles. The highest BCUT2D eigenvalue weighted by atomic mass is 32.2. The zero-order chi connectivity index (χ0) is 10.6. The van der Waals surface area contributed by atoms with Crippen molar-refractivity contribution < 1.29 is 17.9 Å². The minimum atomic E-state index is -2.85. The van der Waals surface area contributed by atoms with Crippen molar-refractivity contribution in [3.8, 4) is 0 Å². The van der Waals surface area contributed by atoms with Gasteiger partial charge in [-0.1, -0.05) is 0 Å². The van der Waals surface area contributed by atoms with Crippen molar-refractivity contribution in [1.29, 1.82) is 0 Å². The monoisotopic (exact) mass is 221 g/mol. The first-order valence-electron chi connectivity index (χ1n) is 4.64. The molecule has 0 aromatic carbocycles. The number of nitrogens with one attached hydrogen (secondary N) is 1. The fourth-order valence-electron chi connectivity index (χ4n) is 1.44. The Balaban J connectivity index is 2.24. The van der Waals surface area contributed by atoms with Crippen LogP contribution in [0, 0.1) is 5.92 Å². The lowest BCUT2D eigenvalue weighted by atomic mass is 10.1. The standard InChI is InChI=1S/C8H15NO4S/c1-2-13-8(10)9-5-7-3-4-14(11,12)6-7/h7H,2-6H2,1H3,(H,9,10)/t7-/m0/s1. The quantitative estimate of drug-likeness (QED) is 0.737. The van der Waals surface area contributed by atoms with E-state index in [1.165, 1.54) is 0 Å². The van der Waals surface area contributed by atoms with Gasteiger partial charge in [0.1, 0.15) is 0 Å². The van der Waals surface area contributed by atoms with Gasteiger partial charge in [0.15, 0.2) is 9.84 Å². The molecule has 0 spiro atoms. The van der Waals surface area contributed by atoms with Crippen molar-refractivity contribution in [2.45, 2.75) is 13.3 Å². The minimum Gasteiger partial charge on any atom is -0.450 e. The van der Waals surface area contributed by atoms with Gasteiger partial charge in [-0.2, -0.15) is 0 Å². The van der Waals surface area contributed by atoms with E-state index in [0.29, 0.717) is 19.6 Å². The number of hydrogen-bond acceptors (Lipinski definition) is 4. The number of hydrogen-bond donors (Lipinski definition) is 1. The zero-order valence-corrected chi connectivity index (χ0v) is 8.97. The van der Waals surface area contributed by atoms with Crippen molar-refractivity contribution >= 4 is 15.9 Å². The molecule has 82 valence electrons. The average molecular weight is 221 g/mol.